The van der Waals surface area contributed by atoms with Crippen LogP contribution in [0.2, 0.25) is 0 Å². The van der Waals surface area contributed by atoms with Gasteiger partial charge in [-0.05, 0) is 68.0 Å². The Balaban J connectivity index is 1.58. The lowest BCUT2D eigenvalue weighted by Crippen LogP contribution is -2.32. The number of aryl methyl sites for hydroxylation is 1. The van der Waals surface area contributed by atoms with Gasteiger partial charge in [0, 0.05) is 4.88 Å². The lowest BCUT2D eigenvalue weighted by Gasteiger charge is -2.09. The number of nitrogens with one attached hydrogen (secondary N) is 2. The lowest BCUT2D eigenvalue weighted by molar-refractivity contribution is -0.136. The van der Waals surface area contributed by atoms with Crippen LogP contribution < -0.4 is 15.5 Å². The van der Waals surface area contributed by atoms with E-state index in [9.17, 15) is 14.9 Å². The number of thiophene rings is 1. The van der Waals surface area contributed by atoms with Crippen LogP contribution in [0.4, 0.5) is 5.00 Å². The van der Waals surface area contributed by atoms with E-state index >= 15 is 0 Å². The Bertz CT molecular complexity index is 942. The molecule has 0 saturated carbocycles. The fourth-order valence-corrected chi connectivity index (χ4v) is 4.20. The van der Waals surface area contributed by atoms with E-state index < -0.39 is 11.8 Å². The molecule has 0 unspecified atom stereocenters. The Morgan fingerprint density at radius 2 is 2.00 bits per heavy atom. The summed E-state index contributed by atoms with van der Waals surface area (Å²) in [6.45, 7) is 2.49. The number of nitriles is 1. The number of anilines is 1. The van der Waals surface area contributed by atoms with Gasteiger partial charge in [0.2, 0.25) is 0 Å². The molecule has 144 valence electrons. The molecule has 0 saturated heterocycles. The standard InChI is InChI=1S/C20H20N4O3S/c1-2-27-14-9-7-13(8-10-14)12-22-24-19(26)18(25)23-20-16(11-21)15-5-3-4-6-17(15)28-20/h7-10,12H,2-6H2,1H3,(H,23,25)(H,24,26). The Labute approximate surface area is 167 Å². The van der Waals surface area contributed by atoms with Gasteiger partial charge in [0.1, 0.15) is 16.8 Å². The predicted octanol–water partition coefficient (Wildman–Crippen LogP) is 2.99. The second-order valence-electron chi connectivity index (χ2n) is 6.18. The van der Waals surface area contributed by atoms with Crippen LogP contribution in [0.1, 0.15) is 41.3 Å². The monoisotopic (exact) mass is 396 g/mol. The van der Waals surface area contributed by atoms with Crippen LogP contribution in [0.3, 0.4) is 0 Å². The second-order valence-corrected chi connectivity index (χ2v) is 7.29. The summed E-state index contributed by atoms with van der Waals surface area (Å²) >= 11 is 1.37. The Morgan fingerprint density at radius 1 is 1.25 bits per heavy atom. The summed E-state index contributed by atoms with van der Waals surface area (Å²) < 4.78 is 5.35. The highest BCUT2D eigenvalue weighted by Crippen LogP contribution is 2.37. The van der Waals surface area contributed by atoms with E-state index in [0.29, 0.717) is 17.2 Å². The Kier molecular flexibility index (Phi) is 6.40. The molecule has 7 nitrogen and oxygen atoms in total. The van der Waals surface area contributed by atoms with Gasteiger partial charge < -0.3 is 10.1 Å². The first-order chi connectivity index (χ1) is 13.6. The normalized spacial score (nSPS) is 12.9. The van der Waals surface area contributed by atoms with Crippen LogP contribution in [0.25, 0.3) is 0 Å². The average Bonchev–Trinajstić information content (AvgIpc) is 3.06. The van der Waals surface area contributed by atoms with Crippen LogP contribution in [-0.2, 0) is 22.4 Å². The van der Waals surface area contributed by atoms with Gasteiger partial charge in [0.05, 0.1) is 18.4 Å². The number of hydrazone groups is 1. The van der Waals surface area contributed by atoms with Crippen molar-refractivity contribution in [2.24, 2.45) is 5.10 Å². The highest BCUT2D eigenvalue weighted by atomic mass is 32.1. The van der Waals surface area contributed by atoms with E-state index in [0.717, 1.165) is 47.4 Å². The van der Waals surface area contributed by atoms with Gasteiger partial charge in [-0.2, -0.15) is 10.4 Å². The van der Waals surface area contributed by atoms with Crippen LogP contribution in [-0.4, -0.2) is 24.6 Å². The van der Waals surface area contributed by atoms with Gasteiger partial charge in [-0.15, -0.1) is 11.3 Å². The van der Waals surface area contributed by atoms with E-state index in [-0.39, 0.29) is 0 Å². The minimum absolute atomic E-state index is 0.435. The molecule has 1 aliphatic rings. The third-order valence-electron chi connectivity index (χ3n) is 4.29. The van der Waals surface area contributed by atoms with Crippen molar-refractivity contribution in [3.05, 3.63) is 45.8 Å². The summed E-state index contributed by atoms with van der Waals surface area (Å²) in [5, 5.41) is 16.2. The van der Waals surface area contributed by atoms with Crippen molar-refractivity contribution in [2.75, 3.05) is 11.9 Å². The van der Waals surface area contributed by atoms with Crippen molar-refractivity contribution in [3.63, 3.8) is 0 Å². The van der Waals surface area contributed by atoms with Gasteiger partial charge in [0.25, 0.3) is 0 Å². The van der Waals surface area contributed by atoms with Gasteiger partial charge in [0.15, 0.2) is 0 Å². The van der Waals surface area contributed by atoms with Gasteiger partial charge in [-0.1, -0.05) is 0 Å². The van der Waals surface area contributed by atoms with Crippen molar-refractivity contribution in [1.29, 1.82) is 5.26 Å². The minimum Gasteiger partial charge on any atom is -0.494 e. The number of benzene rings is 1. The lowest BCUT2D eigenvalue weighted by atomic mass is 9.96. The summed E-state index contributed by atoms with van der Waals surface area (Å²) in [6, 6.07) is 9.31. The maximum Gasteiger partial charge on any atom is 0.329 e. The number of rotatable bonds is 5. The van der Waals surface area contributed by atoms with E-state index in [1.54, 1.807) is 24.3 Å². The van der Waals surface area contributed by atoms with Crippen molar-refractivity contribution in [1.82, 2.24) is 5.43 Å². The smallest absolute Gasteiger partial charge is 0.329 e. The molecule has 0 fully saturated rings. The van der Waals surface area contributed by atoms with Crippen LogP contribution in [0, 0.1) is 11.3 Å². The van der Waals surface area contributed by atoms with Crippen LogP contribution >= 0.6 is 11.3 Å². The third-order valence-corrected chi connectivity index (χ3v) is 5.49. The molecule has 1 aliphatic carbocycles. The number of fused-ring (bicyclic) bond motifs is 1. The van der Waals surface area contributed by atoms with E-state index in [4.69, 9.17) is 4.74 Å². The number of nitrogens with zero attached hydrogens (tertiary/aromatic N) is 2. The quantitative estimate of drug-likeness (QED) is 0.461. The van der Waals surface area contributed by atoms with Gasteiger partial charge in [-0.25, -0.2) is 5.43 Å². The zero-order valence-electron chi connectivity index (χ0n) is 15.4. The van der Waals surface area contributed by atoms with Crippen molar-refractivity contribution in [2.45, 2.75) is 32.6 Å². The molecule has 28 heavy (non-hydrogen) atoms. The number of carbonyl (C=O) groups excluding carboxylic acids is 2. The molecule has 2 aromatic rings. The van der Waals surface area contributed by atoms with Crippen LogP contribution in [0.15, 0.2) is 29.4 Å². The topological polar surface area (TPSA) is 104 Å². The molecule has 2 N–H and O–H groups in total. The van der Waals surface area contributed by atoms with Crippen molar-refractivity contribution >= 4 is 34.4 Å². The third kappa shape index (κ3) is 4.56. The van der Waals surface area contributed by atoms with E-state index in [2.05, 4.69) is 21.9 Å². The molecular formula is C20H20N4O3S. The number of ether oxygens (including phenoxy) is 1. The molecule has 1 aromatic heterocycles. The van der Waals surface area contributed by atoms with Crippen molar-refractivity contribution in [3.8, 4) is 11.8 Å². The maximum atomic E-state index is 12.1. The second kappa shape index (κ2) is 9.15. The van der Waals surface area contributed by atoms with E-state index in [1.165, 1.54) is 17.6 Å². The summed E-state index contributed by atoms with van der Waals surface area (Å²) in [6.07, 6.45) is 5.29. The number of amides is 2. The molecule has 1 aromatic carbocycles. The number of carbonyl (C=O) groups is 2. The average molecular weight is 396 g/mol. The summed E-state index contributed by atoms with van der Waals surface area (Å²) in [5.74, 6) is -0.994. The van der Waals surface area contributed by atoms with Gasteiger partial charge in [-0.3, -0.25) is 9.59 Å². The molecule has 0 radical (unpaired) electrons. The SMILES string of the molecule is CCOc1ccc(C=NNC(=O)C(=O)Nc2sc3c(c2C#N)CCCC3)cc1. The maximum absolute atomic E-state index is 12.1. The summed E-state index contributed by atoms with van der Waals surface area (Å²) in [7, 11) is 0. The number of hydrogen-bond donors (Lipinski definition) is 2. The minimum atomic E-state index is -0.891. The summed E-state index contributed by atoms with van der Waals surface area (Å²) in [5.41, 5.74) is 4.42. The highest BCUT2D eigenvalue weighted by Gasteiger charge is 2.23. The molecule has 0 aliphatic heterocycles. The molecule has 8 heteroatoms. The summed E-state index contributed by atoms with van der Waals surface area (Å²) in [4.78, 5) is 25.2. The largest absolute Gasteiger partial charge is 0.494 e. The predicted molar refractivity (Wildman–Crippen MR) is 108 cm³/mol. The van der Waals surface area contributed by atoms with Crippen molar-refractivity contribution < 1.29 is 14.3 Å². The highest BCUT2D eigenvalue weighted by molar-refractivity contribution is 7.16. The molecule has 2 amide bonds. The first kappa shape index (κ1) is 19.6. The molecule has 0 atom stereocenters. The number of hydrogen-bond acceptors (Lipinski definition) is 6. The first-order valence-electron chi connectivity index (χ1n) is 9.04. The Morgan fingerprint density at radius 3 is 2.71 bits per heavy atom. The molecule has 1 heterocycles. The Hall–Kier alpha value is -3.18. The molecule has 0 bridgehead atoms. The fraction of sp³-hybridized carbons (Fsp3) is 0.300. The zero-order chi connectivity index (χ0) is 19.9. The van der Waals surface area contributed by atoms with Gasteiger partial charge >= 0.3 is 11.8 Å². The first-order valence-corrected chi connectivity index (χ1v) is 9.86. The molecule has 3 rings (SSSR count). The zero-order valence-corrected chi connectivity index (χ0v) is 16.3. The van der Waals surface area contributed by atoms with Crippen LogP contribution in [0.5, 0.6) is 5.75 Å². The fourth-order valence-electron chi connectivity index (χ4n) is 2.97. The molecule has 0 spiro atoms. The van der Waals surface area contributed by atoms with E-state index in [1.807, 2.05) is 6.92 Å². The molecular weight excluding hydrogens is 376 g/mol.